The summed E-state index contributed by atoms with van der Waals surface area (Å²) in [5.41, 5.74) is 0.221. The number of benzene rings is 1. The minimum Gasteiger partial charge on any atom is -0.445 e. The molecule has 3 rings (SSSR count). The first kappa shape index (κ1) is 21.1. The smallest absolute Gasteiger partial charge is 0.294 e. The highest BCUT2D eigenvalue weighted by atomic mass is 35.5. The third-order valence-electron chi connectivity index (χ3n) is 4.36. The van der Waals surface area contributed by atoms with Crippen LogP contribution in [0.4, 0.5) is 5.69 Å². The molecule has 1 aromatic carbocycles. The van der Waals surface area contributed by atoms with E-state index in [1.165, 1.54) is 23.0 Å². The molecule has 154 valence electrons. The second-order valence-electron chi connectivity index (χ2n) is 6.37. The number of piperidine rings is 1. The fourth-order valence-corrected chi connectivity index (χ4v) is 3.54. The molecule has 11 heteroatoms. The van der Waals surface area contributed by atoms with Gasteiger partial charge in [-0.15, -0.1) is 0 Å². The van der Waals surface area contributed by atoms with Gasteiger partial charge in [-0.25, -0.2) is 4.68 Å². The van der Waals surface area contributed by atoms with Gasteiger partial charge in [0.05, 0.1) is 27.5 Å². The summed E-state index contributed by atoms with van der Waals surface area (Å²) in [7, 11) is 0. The van der Waals surface area contributed by atoms with Crippen molar-refractivity contribution in [3.63, 3.8) is 0 Å². The van der Waals surface area contributed by atoms with Crippen LogP contribution in [0.15, 0.2) is 24.4 Å². The summed E-state index contributed by atoms with van der Waals surface area (Å²) >= 11 is 12.2. The number of anilines is 1. The molecule has 0 spiro atoms. The van der Waals surface area contributed by atoms with Crippen molar-refractivity contribution in [2.45, 2.75) is 25.6 Å². The molecule has 0 saturated carbocycles. The molecule has 29 heavy (non-hydrogen) atoms. The maximum Gasteiger partial charge on any atom is 0.294 e. The Hall–Kier alpha value is -2.62. The summed E-state index contributed by atoms with van der Waals surface area (Å²) in [6.07, 6.45) is 2.97. The highest BCUT2D eigenvalue weighted by Gasteiger charge is 2.24. The monoisotopic (exact) mass is 439 g/mol. The molecule has 0 atom stereocenters. The van der Waals surface area contributed by atoms with Crippen molar-refractivity contribution in [3.8, 4) is 0 Å². The topological polar surface area (TPSA) is 114 Å². The third kappa shape index (κ3) is 5.26. The molecule has 1 saturated heterocycles. The highest BCUT2D eigenvalue weighted by molar-refractivity contribution is 6.40. The van der Waals surface area contributed by atoms with Gasteiger partial charge in [-0.1, -0.05) is 29.3 Å². The van der Waals surface area contributed by atoms with E-state index in [4.69, 9.17) is 23.2 Å². The molecule has 2 aromatic rings. The Bertz CT molecular complexity index is 891. The number of carbonyl (C=O) groups excluding carboxylic acids is 3. The lowest BCUT2D eigenvalue weighted by Crippen LogP contribution is -2.43. The van der Waals surface area contributed by atoms with Gasteiger partial charge in [-0.3, -0.25) is 14.4 Å². The van der Waals surface area contributed by atoms with E-state index < -0.39 is 11.8 Å². The average Bonchev–Trinajstić information content (AvgIpc) is 3.09. The summed E-state index contributed by atoms with van der Waals surface area (Å²) in [5, 5.41) is 13.2. The van der Waals surface area contributed by atoms with Crippen LogP contribution in [-0.4, -0.2) is 47.2 Å². The SMILES string of the molecule is O=COCn1cc(NC(=O)c2c(Cl)cccc2Cl)c(C(=O)NC2CCNCC2)n1. The first-order valence-corrected chi connectivity index (χ1v) is 9.65. The number of ether oxygens (including phenoxy) is 1. The lowest BCUT2D eigenvalue weighted by Gasteiger charge is -2.23. The van der Waals surface area contributed by atoms with E-state index in [-0.39, 0.29) is 46.2 Å². The van der Waals surface area contributed by atoms with Crippen LogP contribution in [0.2, 0.25) is 10.0 Å². The van der Waals surface area contributed by atoms with Crippen molar-refractivity contribution in [2.24, 2.45) is 0 Å². The van der Waals surface area contributed by atoms with E-state index in [1.54, 1.807) is 6.07 Å². The average molecular weight is 440 g/mol. The number of rotatable bonds is 7. The van der Waals surface area contributed by atoms with Crippen molar-refractivity contribution < 1.29 is 19.1 Å². The van der Waals surface area contributed by atoms with Crippen molar-refractivity contribution in [1.29, 1.82) is 0 Å². The van der Waals surface area contributed by atoms with Gasteiger partial charge < -0.3 is 20.7 Å². The van der Waals surface area contributed by atoms with Gasteiger partial charge in [0.2, 0.25) is 0 Å². The van der Waals surface area contributed by atoms with E-state index in [1.807, 2.05) is 0 Å². The van der Waals surface area contributed by atoms with E-state index >= 15 is 0 Å². The van der Waals surface area contributed by atoms with Gasteiger partial charge in [-0.05, 0) is 38.1 Å². The van der Waals surface area contributed by atoms with E-state index in [9.17, 15) is 14.4 Å². The Labute approximate surface area is 176 Å². The largest absolute Gasteiger partial charge is 0.445 e. The Balaban J connectivity index is 1.83. The minimum absolute atomic E-state index is 0.00156. The molecule has 2 heterocycles. The molecule has 1 aliphatic rings. The molecule has 3 N–H and O–H groups in total. The number of halogens is 2. The van der Waals surface area contributed by atoms with Crippen molar-refractivity contribution >= 4 is 47.2 Å². The first-order valence-electron chi connectivity index (χ1n) is 8.89. The van der Waals surface area contributed by atoms with Crippen molar-refractivity contribution in [1.82, 2.24) is 20.4 Å². The Morgan fingerprint density at radius 2 is 1.93 bits per heavy atom. The highest BCUT2D eigenvalue weighted by Crippen LogP contribution is 2.26. The molecule has 0 aliphatic carbocycles. The zero-order valence-electron chi connectivity index (χ0n) is 15.3. The van der Waals surface area contributed by atoms with E-state index in [0.717, 1.165) is 25.9 Å². The molecule has 9 nitrogen and oxygen atoms in total. The molecule has 2 amide bonds. The number of aromatic nitrogens is 2. The van der Waals surface area contributed by atoms with Crippen LogP contribution in [0.25, 0.3) is 0 Å². The predicted octanol–water partition coefficient (Wildman–Crippen LogP) is 2.05. The molecule has 1 aromatic heterocycles. The standard InChI is InChI=1S/C18H19Cl2N5O4/c19-12-2-1-3-13(20)15(12)17(27)23-14-8-25(9-29-10-26)24-16(14)18(28)22-11-4-6-21-7-5-11/h1-3,8,10-11,21H,4-7,9H2,(H,22,28)(H,23,27). The fraction of sp³-hybridized carbons (Fsp3) is 0.333. The number of carbonyl (C=O) groups is 3. The van der Waals surface area contributed by atoms with Crippen molar-refractivity contribution in [3.05, 3.63) is 45.7 Å². The molecule has 1 fully saturated rings. The second kappa shape index (κ2) is 9.73. The summed E-state index contributed by atoms with van der Waals surface area (Å²) in [5.74, 6) is -1.03. The molecule has 0 unspecified atom stereocenters. The number of hydrogen-bond donors (Lipinski definition) is 3. The zero-order valence-corrected chi connectivity index (χ0v) is 16.8. The third-order valence-corrected chi connectivity index (χ3v) is 4.99. The van der Waals surface area contributed by atoms with E-state index in [0.29, 0.717) is 0 Å². The number of nitrogens with zero attached hydrogens (tertiary/aromatic N) is 2. The van der Waals surface area contributed by atoms with Crippen LogP contribution in [0, 0.1) is 0 Å². The molecule has 0 radical (unpaired) electrons. The van der Waals surface area contributed by atoms with Crippen LogP contribution in [0.5, 0.6) is 0 Å². The molecule has 1 aliphatic heterocycles. The Morgan fingerprint density at radius 1 is 1.24 bits per heavy atom. The predicted molar refractivity (Wildman–Crippen MR) is 107 cm³/mol. The lowest BCUT2D eigenvalue weighted by molar-refractivity contribution is -0.132. The molecule has 0 bridgehead atoms. The maximum atomic E-state index is 12.8. The summed E-state index contributed by atoms with van der Waals surface area (Å²) in [6.45, 7) is 1.67. The fourth-order valence-electron chi connectivity index (χ4n) is 2.97. The van der Waals surface area contributed by atoms with Crippen LogP contribution < -0.4 is 16.0 Å². The quantitative estimate of drug-likeness (QED) is 0.568. The number of nitrogens with one attached hydrogen (secondary N) is 3. The van der Waals surface area contributed by atoms with Gasteiger partial charge in [0, 0.05) is 6.04 Å². The number of amides is 2. The molecular formula is C18H19Cl2N5O4. The van der Waals surface area contributed by atoms with Crippen LogP contribution in [-0.2, 0) is 16.3 Å². The van der Waals surface area contributed by atoms with Crippen LogP contribution in [0.1, 0.15) is 33.7 Å². The van der Waals surface area contributed by atoms with Crippen molar-refractivity contribution in [2.75, 3.05) is 18.4 Å². The van der Waals surface area contributed by atoms with Gasteiger partial charge in [0.15, 0.2) is 12.4 Å². The lowest BCUT2D eigenvalue weighted by atomic mass is 10.1. The summed E-state index contributed by atoms with van der Waals surface area (Å²) < 4.78 is 5.90. The number of hydrogen-bond acceptors (Lipinski definition) is 6. The maximum absolute atomic E-state index is 12.8. The van der Waals surface area contributed by atoms with Crippen LogP contribution >= 0.6 is 23.2 Å². The van der Waals surface area contributed by atoms with Gasteiger partial charge in [0.25, 0.3) is 18.3 Å². The summed E-state index contributed by atoms with van der Waals surface area (Å²) in [6, 6.07) is 4.69. The zero-order chi connectivity index (χ0) is 20.8. The van der Waals surface area contributed by atoms with Gasteiger partial charge in [-0.2, -0.15) is 5.10 Å². The van der Waals surface area contributed by atoms with Crippen LogP contribution in [0.3, 0.4) is 0 Å². The molecular weight excluding hydrogens is 421 g/mol. The van der Waals surface area contributed by atoms with Gasteiger partial charge in [0.1, 0.15) is 0 Å². The second-order valence-corrected chi connectivity index (χ2v) is 7.19. The normalized spacial score (nSPS) is 14.3. The van der Waals surface area contributed by atoms with Gasteiger partial charge >= 0.3 is 0 Å². The minimum atomic E-state index is -0.590. The Kier molecular flexibility index (Phi) is 7.08. The summed E-state index contributed by atoms with van der Waals surface area (Å²) in [4.78, 5) is 35.9. The Morgan fingerprint density at radius 3 is 2.59 bits per heavy atom. The van der Waals surface area contributed by atoms with E-state index in [2.05, 4.69) is 25.8 Å². The first-order chi connectivity index (χ1) is 14.0.